The molecule has 3 atom stereocenters. The highest BCUT2D eigenvalue weighted by atomic mass is 16.1. The van der Waals surface area contributed by atoms with E-state index in [0.717, 1.165) is 12.8 Å². The Balaban J connectivity index is 2.19. The summed E-state index contributed by atoms with van der Waals surface area (Å²) >= 11 is 0. The number of fused-ring (bicyclic) bond motifs is 2. The number of carbonyl (C=O) groups is 1. The van der Waals surface area contributed by atoms with E-state index in [0.29, 0.717) is 24.0 Å². The molecule has 2 aliphatic heterocycles. The molecule has 0 aromatic rings. The van der Waals surface area contributed by atoms with E-state index in [9.17, 15) is 4.79 Å². The largest absolute Gasteiger partial charge is 0.368 e. The van der Waals surface area contributed by atoms with Crippen molar-refractivity contribution in [3.8, 4) is 0 Å². The molecule has 2 rings (SSSR count). The molecule has 0 spiro atoms. The van der Waals surface area contributed by atoms with Crippen LogP contribution in [0.4, 0.5) is 0 Å². The first-order valence-corrected chi connectivity index (χ1v) is 7.28. The fourth-order valence-electron chi connectivity index (χ4n) is 3.93. The third-order valence-corrected chi connectivity index (χ3v) is 4.68. The van der Waals surface area contributed by atoms with Crippen LogP contribution in [0.25, 0.3) is 0 Å². The summed E-state index contributed by atoms with van der Waals surface area (Å²) in [4.78, 5) is 14.2. The van der Waals surface area contributed by atoms with Gasteiger partial charge in [0.1, 0.15) is 0 Å². The molecule has 3 N–H and O–H groups in total. The van der Waals surface area contributed by atoms with Gasteiger partial charge in [0.05, 0.1) is 6.04 Å². The number of amides is 1. The van der Waals surface area contributed by atoms with Gasteiger partial charge in [0.2, 0.25) is 5.91 Å². The van der Waals surface area contributed by atoms with Crippen LogP contribution < -0.4 is 11.1 Å². The minimum atomic E-state index is -0.148. The topological polar surface area (TPSA) is 58.4 Å². The maximum absolute atomic E-state index is 11.8. The summed E-state index contributed by atoms with van der Waals surface area (Å²) in [6, 6.07) is 1.60. The van der Waals surface area contributed by atoms with Crippen molar-refractivity contribution in [2.24, 2.45) is 11.7 Å². The highest BCUT2D eigenvalue weighted by molar-refractivity contribution is 5.80. The Hall–Kier alpha value is -0.610. The molecule has 1 amide bonds. The van der Waals surface area contributed by atoms with Crippen LogP contribution in [0.2, 0.25) is 0 Å². The summed E-state index contributed by atoms with van der Waals surface area (Å²) in [5.41, 5.74) is 5.64. The van der Waals surface area contributed by atoms with Gasteiger partial charge in [-0.3, -0.25) is 9.69 Å². The summed E-state index contributed by atoms with van der Waals surface area (Å²) in [6.07, 6.45) is 6.04. The molecule has 2 saturated heterocycles. The molecule has 18 heavy (non-hydrogen) atoms. The number of hydrogen-bond donors (Lipinski definition) is 2. The normalized spacial score (nSPS) is 34.6. The van der Waals surface area contributed by atoms with E-state index < -0.39 is 0 Å². The Morgan fingerprint density at radius 2 is 1.83 bits per heavy atom. The van der Waals surface area contributed by atoms with Crippen molar-refractivity contribution in [3.05, 3.63) is 0 Å². The molecular formula is C14H27N3O. The predicted octanol–water partition coefficient (Wildman–Crippen LogP) is 1.10. The van der Waals surface area contributed by atoms with Gasteiger partial charge in [0.25, 0.3) is 0 Å². The first-order valence-electron chi connectivity index (χ1n) is 7.28. The highest BCUT2D eigenvalue weighted by Gasteiger charge is 2.43. The standard InChI is InChI=1S/C14H27N3O/c1-9(2)13(14(15)18)17-11-5-4-6-12(17)8-10(7-11)16-3/h9-13,16H,4-8H2,1-3H3,(H2,15,18). The molecule has 0 radical (unpaired) electrons. The van der Waals surface area contributed by atoms with Gasteiger partial charge in [-0.25, -0.2) is 0 Å². The molecule has 0 saturated carbocycles. The average molecular weight is 253 g/mol. The van der Waals surface area contributed by atoms with Crippen LogP contribution in [-0.4, -0.2) is 42.0 Å². The highest BCUT2D eigenvalue weighted by Crippen LogP contribution is 2.36. The van der Waals surface area contributed by atoms with Crippen LogP contribution in [0.15, 0.2) is 0 Å². The van der Waals surface area contributed by atoms with Crippen molar-refractivity contribution < 1.29 is 4.79 Å². The first kappa shape index (κ1) is 13.8. The van der Waals surface area contributed by atoms with Crippen molar-refractivity contribution >= 4 is 5.91 Å². The molecule has 104 valence electrons. The van der Waals surface area contributed by atoms with Crippen molar-refractivity contribution in [1.82, 2.24) is 10.2 Å². The molecule has 2 bridgehead atoms. The second kappa shape index (κ2) is 5.57. The Kier molecular flexibility index (Phi) is 4.28. The van der Waals surface area contributed by atoms with E-state index in [2.05, 4.69) is 24.1 Å². The molecule has 2 fully saturated rings. The number of nitrogens with zero attached hydrogens (tertiary/aromatic N) is 1. The molecule has 4 heteroatoms. The van der Waals surface area contributed by atoms with Gasteiger partial charge >= 0.3 is 0 Å². The van der Waals surface area contributed by atoms with Gasteiger partial charge in [0.15, 0.2) is 0 Å². The van der Waals surface area contributed by atoms with Crippen molar-refractivity contribution in [2.75, 3.05) is 7.05 Å². The molecule has 0 aliphatic carbocycles. The summed E-state index contributed by atoms with van der Waals surface area (Å²) < 4.78 is 0. The quantitative estimate of drug-likeness (QED) is 0.789. The SMILES string of the molecule is CNC1CC2CCCC(C1)N2C(C(N)=O)C(C)C. The number of rotatable bonds is 4. The molecule has 0 aromatic carbocycles. The van der Waals surface area contributed by atoms with E-state index in [1.54, 1.807) is 0 Å². The van der Waals surface area contributed by atoms with Gasteiger partial charge in [-0.1, -0.05) is 20.3 Å². The lowest BCUT2D eigenvalue weighted by molar-refractivity contribution is -0.130. The van der Waals surface area contributed by atoms with Gasteiger partial charge in [0, 0.05) is 18.1 Å². The minimum absolute atomic E-state index is 0.0851. The Labute approximate surface area is 110 Å². The van der Waals surface area contributed by atoms with Crippen molar-refractivity contribution in [2.45, 2.75) is 70.1 Å². The lowest BCUT2D eigenvalue weighted by Crippen LogP contribution is -2.63. The smallest absolute Gasteiger partial charge is 0.235 e. The molecule has 0 aromatic heterocycles. The fraction of sp³-hybridized carbons (Fsp3) is 0.929. The van der Waals surface area contributed by atoms with Crippen molar-refractivity contribution in [3.63, 3.8) is 0 Å². The number of piperidine rings is 2. The summed E-state index contributed by atoms with van der Waals surface area (Å²) in [5, 5.41) is 3.41. The first-order chi connectivity index (χ1) is 8.54. The number of nitrogens with two attached hydrogens (primary N) is 1. The number of carbonyl (C=O) groups excluding carboxylic acids is 1. The molecule has 2 aliphatic rings. The Bertz CT molecular complexity index is 291. The van der Waals surface area contributed by atoms with Gasteiger partial charge in [-0.15, -0.1) is 0 Å². The van der Waals surface area contributed by atoms with Gasteiger partial charge in [-0.05, 0) is 38.6 Å². The Morgan fingerprint density at radius 1 is 1.28 bits per heavy atom. The van der Waals surface area contributed by atoms with Gasteiger partial charge in [-0.2, -0.15) is 0 Å². The van der Waals surface area contributed by atoms with E-state index in [4.69, 9.17) is 5.73 Å². The van der Waals surface area contributed by atoms with Crippen LogP contribution in [0.1, 0.15) is 46.0 Å². The third kappa shape index (κ3) is 2.54. The lowest BCUT2D eigenvalue weighted by Gasteiger charge is -2.52. The maximum Gasteiger partial charge on any atom is 0.235 e. The van der Waals surface area contributed by atoms with Crippen LogP contribution in [-0.2, 0) is 4.79 Å². The number of primary amides is 1. The van der Waals surface area contributed by atoms with Crippen LogP contribution in [0.5, 0.6) is 0 Å². The van der Waals surface area contributed by atoms with E-state index in [-0.39, 0.29) is 11.9 Å². The van der Waals surface area contributed by atoms with E-state index in [1.165, 1.54) is 19.3 Å². The fourth-order valence-corrected chi connectivity index (χ4v) is 3.93. The second-order valence-corrected chi connectivity index (χ2v) is 6.23. The molecular weight excluding hydrogens is 226 g/mol. The van der Waals surface area contributed by atoms with Crippen molar-refractivity contribution in [1.29, 1.82) is 0 Å². The molecule has 3 unspecified atom stereocenters. The van der Waals surface area contributed by atoms with E-state index in [1.807, 2.05) is 7.05 Å². The zero-order valence-corrected chi connectivity index (χ0v) is 11.9. The number of hydrogen-bond acceptors (Lipinski definition) is 3. The van der Waals surface area contributed by atoms with Crippen LogP contribution in [0.3, 0.4) is 0 Å². The zero-order chi connectivity index (χ0) is 13.3. The predicted molar refractivity (Wildman–Crippen MR) is 73.2 cm³/mol. The maximum atomic E-state index is 11.8. The molecule has 4 nitrogen and oxygen atoms in total. The zero-order valence-electron chi connectivity index (χ0n) is 11.9. The Morgan fingerprint density at radius 3 is 2.22 bits per heavy atom. The van der Waals surface area contributed by atoms with Gasteiger partial charge < -0.3 is 11.1 Å². The lowest BCUT2D eigenvalue weighted by atomic mass is 9.79. The molecule has 2 heterocycles. The summed E-state index contributed by atoms with van der Waals surface area (Å²) in [6.45, 7) is 4.21. The van der Waals surface area contributed by atoms with Crippen LogP contribution >= 0.6 is 0 Å². The summed E-state index contributed by atoms with van der Waals surface area (Å²) in [5.74, 6) is 0.154. The second-order valence-electron chi connectivity index (χ2n) is 6.23. The summed E-state index contributed by atoms with van der Waals surface area (Å²) in [7, 11) is 2.05. The van der Waals surface area contributed by atoms with E-state index >= 15 is 0 Å². The third-order valence-electron chi connectivity index (χ3n) is 4.68. The monoisotopic (exact) mass is 253 g/mol. The average Bonchev–Trinajstić information content (AvgIpc) is 2.27. The number of nitrogens with one attached hydrogen (secondary N) is 1. The van der Waals surface area contributed by atoms with Crippen LogP contribution in [0, 0.1) is 5.92 Å². The minimum Gasteiger partial charge on any atom is -0.368 e.